The van der Waals surface area contributed by atoms with Gasteiger partial charge in [0, 0.05) is 34.9 Å². The van der Waals surface area contributed by atoms with Crippen LogP contribution >= 0.6 is 11.3 Å². The van der Waals surface area contributed by atoms with Gasteiger partial charge in [-0.1, -0.05) is 0 Å². The van der Waals surface area contributed by atoms with Crippen molar-refractivity contribution in [1.82, 2.24) is 9.55 Å². The zero-order valence-corrected chi connectivity index (χ0v) is 11.0. The van der Waals surface area contributed by atoms with E-state index >= 15 is 0 Å². The van der Waals surface area contributed by atoms with Crippen molar-refractivity contribution < 1.29 is 0 Å². The van der Waals surface area contributed by atoms with E-state index in [4.69, 9.17) is 5.73 Å². The predicted octanol–water partition coefficient (Wildman–Crippen LogP) is 3.02. The highest BCUT2D eigenvalue weighted by Crippen LogP contribution is 2.40. The second-order valence-electron chi connectivity index (χ2n) is 4.73. The highest BCUT2D eigenvalue weighted by Gasteiger charge is 2.27. The molecule has 2 aromatic heterocycles. The van der Waals surface area contributed by atoms with Crippen LogP contribution in [0.5, 0.6) is 0 Å². The summed E-state index contributed by atoms with van der Waals surface area (Å²) in [6, 6.07) is 2.99. The summed E-state index contributed by atoms with van der Waals surface area (Å²) in [6.45, 7) is 4.91. The summed E-state index contributed by atoms with van der Waals surface area (Å²) in [4.78, 5) is 4.57. The van der Waals surface area contributed by atoms with Crippen molar-refractivity contribution in [2.24, 2.45) is 5.73 Å². The Morgan fingerprint density at radius 2 is 2.24 bits per heavy atom. The quantitative estimate of drug-likeness (QED) is 0.906. The number of hydrogen-bond donors (Lipinski definition) is 1. The monoisotopic (exact) mass is 247 g/mol. The number of aromatic nitrogens is 2. The SMILES string of the molecule is Cc1cc(-c2nc(CN)cs2)c(C)n1C1CC1. The van der Waals surface area contributed by atoms with Crippen LogP contribution in [0.1, 0.15) is 36.0 Å². The summed E-state index contributed by atoms with van der Waals surface area (Å²) in [5.74, 6) is 0. The van der Waals surface area contributed by atoms with E-state index in [2.05, 4.69) is 34.8 Å². The summed E-state index contributed by atoms with van der Waals surface area (Å²) in [6.07, 6.45) is 2.64. The van der Waals surface area contributed by atoms with E-state index in [9.17, 15) is 0 Å². The van der Waals surface area contributed by atoms with Gasteiger partial charge in [-0.15, -0.1) is 11.3 Å². The molecule has 0 saturated heterocycles. The number of rotatable bonds is 3. The second kappa shape index (κ2) is 3.96. The van der Waals surface area contributed by atoms with Crippen LogP contribution < -0.4 is 5.73 Å². The van der Waals surface area contributed by atoms with Gasteiger partial charge in [-0.2, -0.15) is 0 Å². The first-order valence-electron chi connectivity index (χ1n) is 6.04. The average Bonchev–Trinajstić information content (AvgIpc) is 2.94. The highest BCUT2D eigenvalue weighted by atomic mass is 32.1. The molecule has 0 aliphatic heterocycles. The maximum absolute atomic E-state index is 5.61. The number of nitrogens with zero attached hydrogens (tertiary/aromatic N) is 2. The van der Waals surface area contributed by atoms with Gasteiger partial charge in [0.2, 0.25) is 0 Å². The lowest BCUT2D eigenvalue weighted by atomic mass is 10.2. The zero-order valence-electron chi connectivity index (χ0n) is 10.2. The van der Waals surface area contributed by atoms with Crippen molar-refractivity contribution >= 4 is 11.3 Å². The topological polar surface area (TPSA) is 43.8 Å². The standard InChI is InChI=1S/C13H17N3S/c1-8-5-12(9(2)16(8)11-3-4-11)13-15-10(6-14)7-17-13/h5,7,11H,3-4,6,14H2,1-2H3. The Morgan fingerprint density at radius 3 is 2.82 bits per heavy atom. The summed E-state index contributed by atoms with van der Waals surface area (Å²) in [5.41, 5.74) is 10.6. The minimum absolute atomic E-state index is 0.526. The van der Waals surface area contributed by atoms with Crippen LogP contribution in [-0.4, -0.2) is 9.55 Å². The lowest BCUT2D eigenvalue weighted by Crippen LogP contribution is -1.98. The average molecular weight is 247 g/mol. The second-order valence-corrected chi connectivity index (χ2v) is 5.59. The van der Waals surface area contributed by atoms with Gasteiger partial charge in [0.15, 0.2) is 0 Å². The van der Waals surface area contributed by atoms with Gasteiger partial charge in [0.25, 0.3) is 0 Å². The molecule has 0 atom stereocenters. The fraction of sp³-hybridized carbons (Fsp3) is 0.462. The van der Waals surface area contributed by atoms with Crippen molar-refractivity contribution in [3.63, 3.8) is 0 Å². The molecule has 3 nitrogen and oxygen atoms in total. The fourth-order valence-electron chi connectivity index (χ4n) is 2.41. The molecule has 1 saturated carbocycles. The molecule has 3 rings (SSSR count). The van der Waals surface area contributed by atoms with Gasteiger partial charge in [-0.05, 0) is 32.8 Å². The zero-order chi connectivity index (χ0) is 12.0. The predicted molar refractivity (Wildman–Crippen MR) is 71.2 cm³/mol. The largest absolute Gasteiger partial charge is 0.345 e. The van der Waals surface area contributed by atoms with Crippen LogP contribution in [0, 0.1) is 13.8 Å². The van der Waals surface area contributed by atoms with Gasteiger partial charge in [-0.25, -0.2) is 4.98 Å². The van der Waals surface area contributed by atoms with Crippen molar-refractivity contribution in [2.45, 2.75) is 39.3 Å². The van der Waals surface area contributed by atoms with Crippen molar-refractivity contribution in [3.05, 3.63) is 28.5 Å². The van der Waals surface area contributed by atoms with E-state index in [0.29, 0.717) is 6.54 Å². The molecule has 1 aliphatic rings. The smallest absolute Gasteiger partial charge is 0.125 e. The first-order chi connectivity index (χ1) is 8.20. The summed E-state index contributed by atoms with van der Waals surface area (Å²) >= 11 is 1.69. The molecule has 4 heteroatoms. The Hall–Kier alpha value is -1.13. The molecule has 1 fully saturated rings. The molecule has 17 heavy (non-hydrogen) atoms. The highest BCUT2D eigenvalue weighted by molar-refractivity contribution is 7.13. The van der Waals surface area contributed by atoms with Gasteiger partial charge in [0.1, 0.15) is 5.01 Å². The number of thiazole rings is 1. The lowest BCUT2D eigenvalue weighted by Gasteiger charge is -2.06. The van der Waals surface area contributed by atoms with E-state index in [1.165, 1.54) is 29.8 Å². The van der Waals surface area contributed by atoms with Crippen molar-refractivity contribution in [3.8, 4) is 10.6 Å². The van der Waals surface area contributed by atoms with Gasteiger partial charge in [0.05, 0.1) is 5.69 Å². The third-order valence-corrected chi connectivity index (χ3v) is 4.31. The molecular weight excluding hydrogens is 230 g/mol. The van der Waals surface area contributed by atoms with E-state index in [1.54, 1.807) is 11.3 Å². The van der Waals surface area contributed by atoms with Gasteiger partial charge < -0.3 is 10.3 Å². The number of hydrogen-bond acceptors (Lipinski definition) is 3. The van der Waals surface area contributed by atoms with Gasteiger partial charge in [-0.3, -0.25) is 0 Å². The van der Waals surface area contributed by atoms with Gasteiger partial charge >= 0.3 is 0 Å². The summed E-state index contributed by atoms with van der Waals surface area (Å²) < 4.78 is 2.46. The number of nitrogens with two attached hydrogens (primary N) is 1. The fourth-order valence-corrected chi connectivity index (χ4v) is 3.31. The maximum atomic E-state index is 5.61. The third-order valence-electron chi connectivity index (χ3n) is 3.39. The molecule has 0 unspecified atom stereocenters. The molecule has 2 heterocycles. The molecule has 1 aliphatic carbocycles. The normalized spacial score (nSPS) is 15.5. The van der Waals surface area contributed by atoms with Crippen LogP contribution in [0.4, 0.5) is 0 Å². The molecule has 90 valence electrons. The molecule has 0 amide bonds. The summed E-state index contributed by atoms with van der Waals surface area (Å²) in [5, 5.41) is 3.16. The first-order valence-corrected chi connectivity index (χ1v) is 6.92. The molecule has 0 radical (unpaired) electrons. The van der Waals surface area contributed by atoms with Crippen molar-refractivity contribution in [1.29, 1.82) is 0 Å². The maximum Gasteiger partial charge on any atom is 0.125 e. The van der Waals surface area contributed by atoms with Crippen LogP contribution in [0.25, 0.3) is 10.6 Å². The van der Waals surface area contributed by atoms with Crippen molar-refractivity contribution in [2.75, 3.05) is 0 Å². The first kappa shape index (κ1) is 11.0. The Morgan fingerprint density at radius 1 is 1.47 bits per heavy atom. The summed E-state index contributed by atoms with van der Waals surface area (Å²) in [7, 11) is 0. The van der Waals surface area contributed by atoms with E-state index in [0.717, 1.165) is 16.7 Å². The Kier molecular flexibility index (Phi) is 2.56. The minimum Gasteiger partial charge on any atom is -0.345 e. The Labute approximate surface area is 105 Å². The van der Waals surface area contributed by atoms with E-state index in [1.807, 2.05) is 0 Å². The number of aryl methyl sites for hydroxylation is 1. The third kappa shape index (κ3) is 1.81. The van der Waals surface area contributed by atoms with Crippen LogP contribution in [0.3, 0.4) is 0 Å². The molecule has 2 aromatic rings. The molecule has 0 spiro atoms. The van der Waals surface area contributed by atoms with E-state index in [-0.39, 0.29) is 0 Å². The molecular formula is C13H17N3S. The minimum atomic E-state index is 0.526. The van der Waals surface area contributed by atoms with Crippen LogP contribution in [0.15, 0.2) is 11.4 Å². The molecule has 2 N–H and O–H groups in total. The van der Waals surface area contributed by atoms with Crippen LogP contribution in [0.2, 0.25) is 0 Å². The molecule has 0 bridgehead atoms. The Balaban J connectivity index is 2.05. The van der Waals surface area contributed by atoms with Crippen LogP contribution in [-0.2, 0) is 6.54 Å². The van der Waals surface area contributed by atoms with E-state index < -0.39 is 0 Å². The lowest BCUT2D eigenvalue weighted by molar-refractivity contribution is 0.700. The Bertz CT molecular complexity index is 549. The molecule has 0 aromatic carbocycles.